The van der Waals surface area contributed by atoms with Crippen LogP contribution < -0.4 is 5.32 Å². The summed E-state index contributed by atoms with van der Waals surface area (Å²) in [7, 11) is 0. The van der Waals surface area contributed by atoms with Crippen molar-refractivity contribution in [3.05, 3.63) is 18.2 Å². The van der Waals surface area contributed by atoms with E-state index in [0.717, 1.165) is 25.5 Å². The summed E-state index contributed by atoms with van der Waals surface area (Å²) in [6, 6.07) is 0. The van der Waals surface area contributed by atoms with E-state index in [1.807, 2.05) is 26.2 Å². The molecule has 0 aliphatic carbocycles. The Bertz CT molecular complexity index is 294. The first kappa shape index (κ1) is 12.2. The van der Waals surface area contributed by atoms with E-state index >= 15 is 0 Å². The molecule has 0 bridgehead atoms. The van der Waals surface area contributed by atoms with Crippen LogP contribution in [-0.2, 0) is 13.1 Å². The molecule has 0 aliphatic heterocycles. The van der Waals surface area contributed by atoms with Gasteiger partial charge in [0.15, 0.2) is 0 Å². The molecule has 2 N–H and O–H groups in total. The maximum atomic E-state index is 9.09. The second-order valence-electron chi connectivity index (χ2n) is 4.56. The molecule has 0 spiro atoms. The van der Waals surface area contributed by atoms with Crippen LogP contribution in [0.4, 0.5) is 0 Å². The summed E-state index contributed by atoms with van der Waals surface area (Å²) in [4.78, 5) is 4.27. The Kier molecular flexibility index (Phi) is 4.29. The highest BCUT2D eigenvalue weighted by Crippen LogP contribution is 2.11. The first-order chi connectivity index (χ1) is 7.09. The zero-order valence-electron chi connectivity index (χ0n) is 9.82. The topological polar surface area (TPSA) is 50.1 Å². The summed E-state index contributed by atoms with van der Waals surface area (Å²) >= 11 is 0. The summed E-state index contributed by atoms with van der Waals surface area (Å²) in [5.41, 5.74) is -0.0658. The highest BCUT2D eigenvalue weighted by molar-refractivity contribution is 4.91. The third kappa shape index (κ3) is 3.64. The summed E-state index contributed by atoms with van der Waals surface area (Å²) in [5.74, 6) is 1.05. The van der Waals surface area contributed by atoms with Crippen molar-refractivity contribution in [2.45, 2.75) is 33.9 Å². The molecular weight excluding hydrogens is 190 g/mol. The lowest BCUT2D eigenvalue weighted by molar-refractivity contribution is 0.156. The maximum Gasteiger partial charge on any atom is 0.122 e. The highest BCUT2D eigenvalue weighted by Gasteiger charge is 2.15. The van der Waals surface area contributed by atoms with Crippen molar-refractivity contribution in [3.8, 4) is 0 Å². The first-order valence-corrected chi connectivity index (χ1v) is 5.40. The molecule has 15 heavy (non-hydrogen) atoms. The molecule has 0 atom stereocenters. The van der Waals surface area contributed by atoms with E-state index in [4.69, 9.17) is 5.11 Å². The van der Waals surface area contributed by atoms with Crippen molar-refractivity contribution >= 4 is 0 Å². The number of aryl methyl sites for hydroxylation is 1. The second-order valence-corrected chi connectivity index (χ2v) is 4.56. The van der Waals surface area contributed by atoms with Crippen LogP contribution in [-0.4, -0.2) is 27.8 Å². The van der Waals surface area contributed by atoms with Gasteiger partial charge in [-0.1, -0.05) is 13.8 Å². The molecular formula is C11H21N3O. The van der Waals surface area contributed by atoms with E-state index in [0.29, 0.717) is 0 Å². The first-order valence-electron chi connectivity index (χ1n) is 5.40. The third-order valence-corrected chi connectivity index (χ3v) is 2.46. The van der Waals surface area contributed by atoms with E-state index in [-0.39, 0.29) is 12.0 Å². The maximum absolute atomic E-state index is 9.09. The number of aromatic nitrogens is 2. The van der Waals surface area contributed by atoms with Gasteiger partial charge in [-0.15, -0.1) is 0 Å². The van der Waals surface area contributed by atoms with E-state index in [9.17, 15) is 0 Å². The van der Waals surface area contributed by atoms with Crippen molar-refractivity contribution in [2.24, 2.45) is 5.41 Å². The van der Waals surface area contributed by atoms with Crippen LogP contribution in [0.5, 0.6) is 0 Å². The lowest BCUT2D eigenvalue weighted by Crippen LogP contribution is -2.32. The lowest BCUT2D eigenvalue weighted by Gasteiger charge is -2.21. The lowest BCUT2D eigenvalue weighted by atomic mass is 9.95. The SMILES string of the molecule is CCn1ccnc1CNCC(C)(C)CO. The van der Waals surface area contributed by atoms with Crippen LogP contribution in [0, 0.1) is 5.41 Å². The largest absolute Gasteiger partial charge is 0.396 e. The van der Waals surface area contributed by atoms with Gasteiger partial charge >= 0.3 is 0 Å². The van der Waals surface area contributed by atoms with Crippen molar-refractivity contribution in [3.63, 3.8) is 0 Å². The fourth-order valence-corrected chi connectivity index (χ4v) is 1.36. The number of rotatable bonds is 6. The summed E-state index contributed by atoms with van der Waals surface area (Å²) in [5, 5.41) is 12.4. The zero-order chi connectivity index (χ0) is 11.3. The van der Waals surface area contributed by atoms with Gasteiger partial charge in [0.25, 0.3) is 0 Å². The molecule has 0 saturated heterocycles. The van der Waals surface area contributed by atoms with Crippen LogP contribution in [0.2, 0.25) is 0 Å². The average Bonchev–Trinajstić information content (AvgIpc) is 2.65. The minimum absolute atomic E-state index is 0.0658. The predicted molar refractivity (Wildman–Crippen MR) is 60.5 cm³/mol. The normalized spacial score (nSPS) is 12.0. The third-order valence-electron chi connectivity index (χ3n) is 2.46. The molecule has 0 unspecified atom stereocenters. The van der Waals surface area contributed by atoms with Crippen LogP contribution in [0.3, 0.4) is 0 Å². The quantitative estimate of drug-likeness (QED) is 0.738. The number of hydrogen-bond acceptors (Lipinski definition) is 3. The van der Waals surface area contributed by atoms with Gasteiger partial charge in [0.2, 0.25) is 0 Å². The second kappa shape index (κ2) is 5.28. The van der Waals surface area contributed by atoms with Gasteiger partial charge in [0, 0.05) is 37.5 Å². The van der Waals surface area contributed by atoms with Crippen LogP contribution in [0.25, 0.3) is 0 Å². The summed E-state index contributed by atoms with van der Waals surface area (Å²) < 4.78 is 2.11. The molecule has 0 aliphatic rings. The van der Waals surface area contributed by atoms with Crippen LogP contribution >= 0.6 is 0 Å². The summed E-state index contributed by atoms with van der Waals surface area (Å²) in [6.07, 6.45) is 3.80. The molecule has 86 valence electrons. The molecule has 0 aromatic carbocycles. The number of aliphatic hydroxyl groups is 1. The van der Waals surface area contributed by atoms with E-state index in [1.54, 1.807) is 0 Å². The van der Waals surface area contributed by atoms with E-state index in [1.165, 1.54) is 0 Å². The molecule has 1 rings (SSSR count). The monoisotopic (exact) mass is 211 g/mol. The molecule has 1 heterocycles. The van der Waals surface area contributed by atoms with Gasteiger partial charge < -0.3 is 15.0 Å². The van der Waals surface area contributed by atoms with Gasteiger partial charge in [-0.2, -0.15) is 0 Å². The molecule has 4 nitrogen and oxygen atoms in total. The number of nitrogens with one attached hydrogen (secondary N) is 1. The molecule has 0 radical (unpaired) electrons. The van der Waals surface area contributed by atoms with Crippen LogP contribution in [0.15, 0.2) is 12.4 Å². The van der Waals surface area contributed by atoms with Gasteiger partial charge in [-0.3, -0.25) is 0 Å². The Morgan fingerprint density at radius 1 is 1.53 bits per heavy atom. The van der Waals surface area contributed by atoms with Gasteiger partial charge in [-0.25, -0.2) is 4.98 Å². The average molecular weight is 211 g/mol. The van der Waals surface area contributed by atoms with Crippen molar-refractivity contribution in [1.82, 2.24) is 14.9 Å². The van der Waals surface area contributed by atoms with Gasteiger partial charge in [0.05, 0.1) is 6.54 Å². The number of hydrogen-bond donors (Lipinski definition) is 2. The van der Waals surface area contributed by atoms with Crippen LogP contribution in [0.1, 0.15) is 26.6 Å². The fraction of sp³-hybridized carbons (Fsp3) is 0.727. The minimum atomic E-state index is -0.0658. The Hall–Kier alpha value is -0.870. The molecule has 1 aromatic rings. The number of imidazole rings is 1. The van der Waals surface area contributed by atoms with E-state index in [2.05, 4.69) is 21.8 Å². The van der Waals surface area contributed by atoms with Crippen molar-refractivity contribution in [2.75, 3.05) is 13.2 Å². The predicted octanol–water partition coefficient (Wildman–Crippen LogP) is 1.01. The molecule has 4 heteroatoms. The number of nitrogens with zero attached hydrogens (tertiary/aromatic N) is 2. The smallest absolute Gasteiger partial charge is 0.122 e. The number of aliphatic hydroxyl groups excluding tert-OH is 1. The van der Waals surface area contributed by atoms with Crippen molar-refractivity contribution in [1.29, 1.82) is 0 Å². The van der Waals surface area contributed by atoms with Gasteiger partial charge in [-0.05, 0) is 6.92 Å². The Morgan fingerprint density at radius 3 is 2.87 bits per heavy atom. The van der Waals surface area contributed by atoms with Crippen molar-refractivity contribution < 1.29 is 5.11 Å². The standard InChI is InChI=1S/C11H21N3O/c1-4-14-6-5-13-10(14)7-12-8-11(2,3)9-15/h5-6,12,15H,4,7-9H2,1-3H3. The highest BCUT2D eigenvalue weighted by atomic mass is 16.3. The summed E-state index contributed by atoms with van der Waals surface area (Å²) in [6.45, 7) is 8.86. The van der Waals surface area contributed by atoms with E-state index < -0.39 is 0 Å². The molecule has 1 aromatic heterocycles. The minimum Gasteiger partial charge on any atom is -0.396 e. The molecule has 0 amide bonds. The Balaban J connectivity index is 2.38. The van der Waals surface area contributed by atoms with Gasteiger partial charge in [0.1, 0.15) is 5.82 Å². The zero-order valence-corrected chi connectivity index (χ0v) is 9.82. The fourth-order valence-electron chi connectivity index (χ4n) is 1.36. The molecule has 0 saturated carbocycles. The Labute approximate surface area is 91.3 Å². The Morgan fingerprint density at radius 2 is 2.27 bits per heavy atom. The molecule has 0 fully saturated rings.